The number of ether oxygens (including phenoxy) is 3. The Morgan fingerprint density at radius 1 is 1.44 bits per heavy atom. The Labute approximate surface area is 164 Å². The quantitative estimate of drug-likeness (QED) is 0.534. The molecule has 27 heavy (non-hydrogen) atoms. The highest BCUT2D eigenvalue weighted by Crippen LogP contribution is 2.48. The number of carbonyl (C=O) groups is 1. The van der Waals surface area contributed by atoms with E-state index < -0.39 is 16.6 Å². The van der Waals surface area contributed by atoms with Crippen LogP contribution in [0.1, 0.15) is 51.3 Å². The molecule has 2 atom stereocenters. The summed E-state index contributed by atoms with van der Waals surface area (Å²) in [6.45, 7) is 5.31. The molecule has 0 saturated carbocycles. The summed E-state index contributed by atoms with van der Waals surface area (Å²) in [7, 11) is 3.25. The molecule has 0 amide bonds. The second kappa shape index (κ2) is 7.32. The topological polar surface area (TPSA) is 70.8 Å². The van der Waals surface area contributed by atoms with Crippen LogP contribution in [0.3, 0.4) is 0 Å². The van der Waals surface area contributed by atoms with Gasteiger partial charge in [-0.15, -0.1) is 11.6 Å². The van der Waals surface area contributed by atoms with Gasteiger partial charge in [-0.3, -0.25) is 4.79 Å². The van der Waals surface area contributed by atoms with E-state index in [4.69, 9.17) is 35.2 Å². The van der Waals surface area contributed by atoms with Crippen molar-refractivity contribution in [2.45, 2.75) is 63.0 Å². The highest BCUT2D eigenvalue weighted by molar-refractivity contribution is 6.23. The molecule has 3 rings (SSSR count). The maximum Gasteiger partial charge on any atom is 0.303 e. The van der Waals surface area contributed by atoms with Crippen LogP contribution in [-0.4, -0.2) is 36.2 Å². The van der Waals surface area contributed by atoms with Gasteiger partial charge in [0.2, 0.25) is 5.71 Å². The molecule has 0 aromatic carbocycles. The van der Waals surface area contributed by atoms with Crippen molar-refractivity contribution >= 4 is 28.7 Å². The summed E-state index contributed by atoms with van der Waals surface area (Å²) in [5, 5.41) is 0.824. The fourth-order valence-corrected chi connectivity index (χ4v) is 4.02. The van der Waals surface area contributed by atoms with E-state index in [9.17, 15) is 4.79 Å². The Balaban J connectivity index is 2.20. The maximum absolute atomic E-state index is 11.8. The zero-order valence-corrected chi connectivity index (χ0v) is 17.2. The van der Waals surface area contributed by atoms with E-state index >= 15 is 0 Å². The molecule has 0 aliphatic heterocycles. The van der Waals surface area contributed by atoms with E-state index in [1.807, 2.05) is 19.9 Å². The van der Waals surface area contributed by atoms with Gasteiger partial charge in [0.15, 0.2) is 0 Å². The summed E-state index contributed by atoms with van der Waals surface area (Å²) in [5.74, 6) is 0.387. The summed E-state index contributed by atoms with van der Waals surface area (Å²) < 4.78 is 23.0. The molecule has 2 aromatic heterocycles. The lowest BCUT2D eigenvalue weighted by atomic mass is 9.75. The third kappa shape index (κ3) is 3.65. The number of aromatic nitrogens is 1. The van der Waals surface area contributed by atoms with Crippen LogP contribution in [0.4, 0.5) is 0 Å². The predicted octanol–water partition coefficient (Wildman–Crippen LogP) is 4.35. The number of methoxy groups -OCH3 is 2. The smallest absolute Gasteiger partial charge is 0.303 e. The third-order valence-corrected chi connectivity index (χ3v) is 5.40. The molecule has 0 radical (unpaired) electrons. The van der Waals surface area contributed by atoms with E-state index in [1.54, 1.807) is 20.5 Å². The molecule has 0 fully saturated rings. The van der Waals surface area contributed by atoms with Crippen LogP contribution in [0.5, 0.6) is 5.75 Å². The van der Waals surface area contributed by atoms with E-state index in [1.165, 1.54) is 6.92 Å². The summed E-state index contributed by atoms with van der Waals surface area (Å²) in [4.78, 5) is 16.1. The largest absolute Gasteiger partial charge is 0.496 e. The lowest BCUT2D eigenvalue weighted by Crippen LogP contribution is -2.48. The minimum atomic E-state index is -0.917. The Bertz CT molecular complexity index is 841. The Morgan fingerprint density at radius 2 is 2.19 bits per heavy atom. The number of hydrogen-bond acceptors (Lipinski definition) is 6. The van der Waals surface area contributed by atoms with Crippen LogP contribution in [0.2, 0.25) is 0 Å². The summed E-state index contributed by atoms with van der Waals surface area (Å²) in [5.41, 5.74) is 1.21. The molecule has 0 unspecified atom stereocenters. The fraction of sp³-hybridized carbons (Fsp3) is 0.600. The highest BCUT2D eigenvalue weighted by Gasteiger charge is 2.50. The van der Waals surface area contributed by atoms with Crippen LogP contribution in [0, 0.1) is 0 Å². The standard InChI is InChI=1S/C20H26ClNO5/c1-12(23)27-15-7-6-13-16(24-4)14-8-11-26-18(14)22-17(13)20(15,25-5)10-9-19(2,3)21/h8,11,15H,6-7,9-10H2,1-5H3/t15-,20+/m0/s1. The first kappa shape index (κ1) is 20.0. The molecule has 6 nitrogen and oxygen atoms in total. The van der Waals surface area contributed by atoms with Crippen LogP contribution in [0.25, 0.3) is 11.1 Å². The summed E-state index contributed by atoms with van der Waals surface area (Å²) >= 11 is 6.46. The molecule has 0 spiro atoms. The predicted molar refractivity (Wildman–Crippen MR) is 102 cm³/mol. The number of hydrogen-bond donors (Lipinski definition) is 0. The number of nitrogens with zero attached hydrogens (tertiary/aromatic N) is 1. The first-order valence-corrected chi connectivity index (χ1v) is 9.45. The Morgan fingerprint density at radius 3 is 2.78 bits per heavy atom. The molecule has 1 aliphatic rings. The van der Waals surface area contributed by atoms with Gasteiger partial charge in [-0.05, 0) is 45.6 Å². The molecule has 7 heteroatoms. The lowest BCUT2D eigenvalue weighted by molar-refractivity contribution is -0.176. The average Bonchev–Trinajstić information content (AvgIpc) is 3.06. The molecular formula is C20H26ClNO5. The van der Waals surface area contributed by atoms with Gasteiger partial charge in [0.05, 0.1) is 24.5 Å². The second-order valence-corrected chi connectivity index (χ2v) is 8.58. The number of pyridine rings is 1. The third-order valence-electron chi connectivity index (χ3n) is 5.21. The van der Waals surface area contributed by atoms with Gasteiger partial charge in [-0.25, -0.2) is 4.98 Å². The highest BCUT2D eigenvalue weighted by atomic mass is 35.5. The number of furan rings is 1. The number of alkyl halides is 1. The van der Waals surface area contributed by atoms with Crippen molar-refractivity contribution in [1.82, 2.24) is 4.98 Å². The zero-order valence-electron chi connectivity index (χ0n) is 16.4. The molecule has 148 valence electrons. The Kier molecular flexibility index (Phi) is 5.41. The molecule has 1 aliphatic carbocycles. The van der Waals surface area contributed by atoms with Gasteiger partial charge in [0.1, 0.15) is 17.5 Å². The zero-order chi connectivity index (χ0) is 19.8. The van der Waals surface area contributed by atoms with E-state index in [2.05, 4.69) is 0 Å². The number of esters is 1. The van der Waals surface area contributed by atoms with Gasteiger partial charge in [-0.1, -0.05) is 0 Å². The first-order chi connectivity index (χ1) is 12.7. The monoisotopic (exact) mass is 395 g/mol. The fourth-order valence-electron chi connectivity index (χ4n) is 3.92. The van der Waals surface area contributed by atoms with Crippen LogP contribution >= 0.6 is 11.6 Å². The van der Waals surface area contributed by atoms with Gasteiger partial charge in [0, 0.05) is 24.5 Å². The molecule has 2 aromatic rings. The average molecular weight is 396 g/mol. The first-order valence-electron chi connectivity index (χ1n) is 9.07. The second-order valence-electron chi connectivity index (χ2n) is 7.56. The number of rotatable bonds is 6. The van der Waals surface area contributed by atoms with Crippen molar-refractivity contribution in [1.29, 1.82) is 0 Å². The van der Waals surface area contributed by atoms with Gasteiger partial charge in [-0.2, -0.15) is 0 Å². The Hall–Kier alpha value is -1.79. The molecule has 0 saturated heterocycles. The van der Waals surface area contributed by atoms with Crippen molar-refractivity contribution in [3.05, 3.63) is 23.6 Å². The van der Waals surface area contributed by atoms with E-state index in [-0.39, 0.29) is 5.97 Å². The van der Waals surface area contributed by atoms with Crippen molar-refractivity contribution < 1.29 is 23.4 Å². The maximum atomic E-state index is 11.8. The van der Waals surface area contributed by atoms with Crippen molar-refractivity contribution in [3.63, 3.8) is 0 Å². The van der Waals surface area contributed by atoms with E-state index in [0.29, 0.717) is 37.1 Å². The van der Waals surface area contributed by atoms with E-state index in [0.717, 1.165) is 16.7 Å². The van der Waals surface area contributed by atoms with Gasteiger partial charge < -0.3 is 18.6 Å². The summed E-state index contributed by atoms with van der Waals surface area (Å²) in [6, 6.07) is 1.84. The molecule has 0 N–H and O–H groups in total. The van der Waals surface area contributed by atoms with Crippen molar-refractivity contribution in [2.75, 3.05) is 14.2 Å². The van der Waals surface area contributed by atoms with Crippen molar-refractivity contribution in [3.8, 4) is 5.75 Å². The molecule has 0 bridgehead atoms. The van der Waals surface area contributed by atoms with Crippen LogP contribution in [-0.2, 0) is 26.3 Å². The van der Waals surface area contributed by atoms with Gasteiger partial charge in [0.25, 0.3) is 0 Å². The lowest BCUT2D eigenvalue weighted by Gasteiger charge is -2.43. The summed E-state index contributed by atoms with van der Waals surface area (Å²) in [6.07, 6.45) is 3.61. The molecular weight excluding hydrogens is 370 g/mol. The molecule has 2 heterocycles. The minimum absolute atomic E-state index is 0.346. The van der Waals surface area contributed by atoms with Gasteiger partial charge >= 0.3 is 5.97 Å². The SMILES string of the molecule is COc1c2c(nc3occc13)[C@](CCC(C)(C)Cl)(OC)[C@@H](OC(C)=O)CC2. The van der Waals surface area contributed by atoms with Crippen LogP contribution < -0.4 is 4.74 Å². The normalized spacial score (nSPS) is 22.5. The van der Waals surface area contributed by atoms with Crippen LogP contribution in [0.15, 0.2) is 16.7 Å². The number of halogens is 1. The number of carbonyl (C=O) groups excluding carboxylic acids is 1. The number of fused-ring (bicyclic) bond motifs is 2. The minimum Gasteiger partial charge on any atom is -0.496 e. The van der Waals surface area contributed by atoms with Crippen molar-refractivity contribution in [2.24, 2.45) is 0 Å².